The number of rotatable bonds is 36. The summed E-state index contributed by atoms with van der Waals surface area (Å²) in [6.45, 7) is 32.5. The first-order valence-corrected chi connectivity index (χ1v) is 19.4. The van der Waals surface area contributed by atoms with E-state index < -0.39 is 12.0 Å². The van der Waals surface area contributed by atoms with E-state index in [0.717, 1.165) is 23.1 Å². The van der Waals surface area contributed by atoms with Crippen molar-refractivity contribution in [2.45, 2.75) is 66.3 Å². The van der Waals surface area contributed by atoms with E-state index in [4.69, 9.17) is 28.8 Å². The molecular weight excluding hydrogens is 732 g/mol. The number of carbonyl (C=O) groups excluding carboxylic acids is 3. The molecule has 0 rings (SSSR count). The Morgan fingerprint density at radius 1 is 0.737 bits per heavy atom. The fourth-order valence-corrected chi connectivity index (χ4v) is 4.30. The highest BCUT2D eigenvalue weighted by atomic mass is 16.5. The first-order valence-electron chi connectivity index (χ1n) is 19.4. The standard InChI is InChI=1S/C41H64N4O10.C2H6/c1-9-11-37(32(4)13-12-31(3)28-33(5)36(8)46)15-14-35(7)55-23-20-45-40(48)30-54-27-25-51-21-18-43-34(6)29-53-26-24-52-22-19-44-39(47)17-16-38(41(49)50)42-10-2;1-2/h10-15,33,38,42-43H,2-4,6-7,9,16-30H2,1,5,8H3,(H,44,47)(H,45,48)(H,49,50);1-2H3/b13-12-,15-14-,37-11-;/t33-,38-;/m0./s1. The molecular formula is C43H70N4O10. The molecule has 0 aliphatic heterocycles. The van der Waals surface area contributed by atoms with Gasteiger partial charge in [-0.1, -0.05) is 90.5 Å². The van der Waals surface area contributed by atoms with E-state index in [2.05, 4.69) is 54.2 Å². The molecule has 57 heavy (non-hydrogen) atoms. The number of aliphatic carboxylic acids is 1. The number of ketones is 1. The van der Waals surface area contributed by atoms with Crippen LogP contribution in [0.4, 0.5) is 0 Å². The number of ether oxygens (including phenoxy) is 5. The minimum atomic E-state index is -1.04. The summed E-state index contributed by atoms with van der Waals surface area (Å²) in [7, 11) is 0. The van der Waals surface area contributed by atoms with Gasteiger partial charge in [-0.05, 0) is 49.6 Å². The molecule has 0 saturated carbocycles. The third-order valence-corrected chi connectivity index (χ3v) is 7.46. The van der Waals surface area contributed by atoms with Crippen molar-refractivity contribution >= 4 is 23.6 Å². The lowest BCUT2D eigenvalue weighted by atomic mass is 9.97. The Kier molecular flexibility index (Phi) is 35.1. The Balaban J connectivity index is 0. The Bertz CT molecular complexity index is 1340. The normalized spacial score (nSPS) is 12.1. The number of Topliss-reactive ketones (excluding diaryl/α,β-unsaturated/α-hetero) is 1. The summed E-state index contributed by atoms with van der Waals surface area (Å²) in [5.74, 6) is -1.05. The van der Waals surface area contributed by atoms with E-state index in [1.54, 1.807) is 13.0 Å². The van der Waals surface area contributed by atoms with Crippen LogP contribution in [0.3, 0.4) is 0 Å². The molecule has 0 aromatic heterocycles. The smallest absolute Gasteiger partial charge is 0.326 e. The van der Waals surface area contributed by atoms with Crippen molar-refractivity contribution in [1.29, 1.82) is 0 Å². The highest BCUT2D eigenvalue weighted by molar-refractivity contribution is 5.79. The van der Waals surface area contributed by atoms with Crippen LogP contribution in [0.2, 0.25) is 0 Å². The van der Waals surface area contributed by atoms with Crippen LogP contribution in [0, 0.1) is 5.92 Å². The summed E-state index contributed by atoms with van der Waals surface area (Å²) in [5, 5.41) is 20.1. The van der Waals surface area contributed by atoms with Gasteiger partial charge in [0, 0.05) is 31.1 Å². The fourth-order valence-electron chi connectivity index (χ4n) is 4.30. The number of nitrogens with one attached hydrogen (secondary N) is 4. The van der Waals surface area contributed by atoms with Gasteiger partial charge in [-0.15, -0.1) is 0 Å². The molecule has 0 aromatic carbocycles. The molecule has 2 atom stereocenters. The molecule has 0 radical (unpaired) electrons. The van der Waals surface area contributed by atoms with Crippen LogP contribution in [-0.4, -0.2) is 114 Å². The van der Waals surface area contributed by atoms with Crippen LogP contribution in [0.25, 0.3) is 0 Å². The minimum absolute atomic E-state index is 0.0702. The summed E-state index contributed by atoms with van der Waals surface area (Å²) in [5.41, 5.74) is 3.26. The monoisotopic (exact) mass is 803 g/mol. The van der Waals surface area contributed by atoms with Crippen molar-refractivity contribution in [2.24, 2.45) is 5.92 Å². The molecule has 0 spiro atoms. The second-order valence-electron chi connectivity index (χ2n) is 12.3. The lowest BCUT2D eigenvalue weighted by molar-refractivity contribution is -0.139. The number of allylic oxidation sites excluding steroid dienone is 8. The second kappa shape index (κ2) is 36.9. The lowest BCUT2D eigenvalue weighted by Crippen LogP contribution is -2.35. The van der Waals surface area contributed by atoms with Crippen LogP contribution < -0.4 is 21.3 Å². The summed E-state index contributed by atoms with van der Waals surface area (Å²) in [6, 6.07) is -0.853. The molecule has 0 saturated heterocycles. The van der Waals surface area contributed by atoms with Gasteiger partial charge in [-0.3, -0.25) is 14.4 Å². The van der Waals surface area contributed by atoms with Crippen LogP contribution >= 0.6 is 0 Å². The van der Waals surface area contributed by atoms with E-state index in [1.165, 1.54) is 6.20 Å². The van der Waals surface area contributed by atoms with Gasteiger partial charge in [0.2, 0.25) is 11.8 Å². The minimum Gasteiger partial charge on any atom is -0.492 e. The summed E-state index contributed by atoms with van der Waals surface area (Å²) in [4.78, 5) is 46.4. The maximum Gasteiger partial charge on any atom is 0.326 e. The van der Waals surface area contributed by atoms with Gasteiger partial charge in [0.05, 0.1) is 52.8 Å². The van der Waals surface area contributed by atoms with Gasteiger partial charge >= 0.3 is 5.97 Å². The SMILES string of the molecule is C=CN[C@@H](CCC(=O)NCCOCCOCC(=C)NCCOCCOCC(=O)NCCOC(=C)/C=C\C(=C\CC)C(=C)/C=C\C(=C)C[C@H](C)C(C)=O)C(=O)O.CC. The van der Waals surface area contributed by atoms with Gasteiger partial charge in [-0.2, -0.15) is 0 Å². The van der Waals surface area contributed by atoms with Gasteiger partial charge in [0.15, 0.2) is 0 Å². The average molecular weight is 803 g/mol. The molecule has 0 aromatic rings. The van der Waals surface area contributed by atoms with E-state index in [1.807, 2.05) is 52.0 Å². The third kappa shape index (κ3) is 33.1. The molecule has 2 amide bonds. The summed E-state index contributed by atoms with van der Waals surface area (Å²) >= 11 is 0. The number of hydrogen-bond acceptors (Lipinski definition) is 11. The van der Waals surface area contributed by atoms with Crippen molar-refractivity contribution in [3.05, 3.63) is 97.7 Å². The zero-order valence-electron chi connectivity index (χ0n) is 35.1. The van der Waals surface area contributed by atoms with Gasteiger partial charge in [0.1, 0.15) is 30.8 Å². The Hall–Kier alpha value is -4.76. The largest absolute Gasteiger partial charge is 0.492 e. The molecule has 14 heteroatoms. The quantitative estimate of drug-likeness (QED) is 0.0322. The maximum absolute atomic E-state index is 12.0. The van der Waals surface area contributed by atoms with Crippen molar-refractivity contribution < 1.29 is 48.0 Å². The zero-order valence-corrected chi connectivity index (χ0v) is 35.1. The lowest BCUT2D eigenvalue weighted by Gasteiger charge is -2.12. The van der Waals surface area contributed by atoms with Crippen molar-refractivity contribution in [1.82, 2.24) is 21.3 Å². The summed E-state index contributed by atoms with van der Waals surface area (Å²) < 4.78 is 27.4. The maximum atomic E-state index is 12.0. The van der Waals surface area contributed by atoms with Crippen LogP contribution in [0.5, 0.6) is 0 Å². The first kappa shape index (κ1) is 54.3. The highest BCUT2D eigenvalue weighted by Gasteiger charge is 2.16. The van der Waals surface area contributed by atoms with E-state index >= 15 is 0 Å². The molecule has 14 nitrogen and oxygen atoms in total. The highest BCUT2D eigenvalue weighted by Crippen LogP contribution is 2.17. The number of carboxylic acids is 1. The first-order chi connectivity index (χ1) is 27.3. The molecule has 0 bridgehead atoms. The molecule has 0 aliphatic rings. The predicted octanol–water partition coefficient (Wildman–Crippen LogP) is 5.09. The Labute approximate surface area is 341 Å². The van der Waals surface area contributed by atoms with Gasteiger partial charge in [0.25, 0.3) is 0 Å². The second-order valence-corrected chi connectivity index (χ2v) is 12.3. The van der Waals surface area contributed by atoms with Crippen molar-refractivity contribution in [3.8, 4) is 0 Å². The molecule has 0 heterocycles. The van der Waals surface area contributed by atoms with Crippen molar-refractivity contribution in [3.63, 3.8) is 0 Å². The number of hydrogen-bond donors (Lipinski definition) is 5. The number of carbonyl (C=O) groups is 4. The summed E-state index contributed by atoms with van der Waals surface area (Å²) in [6.07, 6.45) is 12.4. The number of amides is 2. The molecule has 0 unspecified atom stereocenters. The van der Waals surface area contributed by atoms with E-state index in [-0.39, 0.29) is 56.2 Å². The molecule has 5 N–H and O–H groups in total. The van der Waals surface area contributed by atoms with Gasteiger partial charge in [-0.25, -0.2) is 4.79 Å². The van der Waals surface area contributed by atoms with Crippen LogP contribution in [0.1, 0.15) is 60.3 Å². The number of carboxylic acid groups (broad SMARTS) is 1. The third-order valence-electron chi connectivity index (χ3n) is 7.46. The molecule has 322 valence electrons. The van der Waals surface area contributed by atoms with Crippen LogP contribution in [-0.2, 0) is 42.9 Å². The predicted molar refractivity (Wildman–Crippen MR) is 226 cm³/mol. The topological polar surface area (TPSA) is 183 Å². The Morgan fingerprint density at radius 2 is 1.32 bits per heavy atom. The van der Waals surface area contributed by atoms with Crippen LogP contribution in [0.15, 0.2) is 97.7 Å². The molecule has 0 fully saturated rings. The fraction of sp³-hybridized carbons (Fsp3) is 0.535. The van der Waals surface area contributed by atoms with E-state index in [9.17, 15) is 19.2 Å². The molecule has 0 aliphatic carbocycles. The van der Waals surface area contributed by atoms with Gasteiger partial charge < -0.3 is 50.1 Å². The average Bonchev–Trinajstić information content (AvgIpc) is 3.18. The van der Waals surface area contributed by atoms with E-state index in [0.29, 0.717) is 77.2 Å². The Morgan fingerprint density at radius 3 is 1.91 bits per heavy atom. The zero-order chi connectivity index (χ0) is 43.3. The van der Waals surface area contributed by atoms with Crippen molar-refractivity contribution in [2.75, 3.05) is 79.1 Å².